The Hall–Kier alpha value is -0.490. The number of hydrogen-bond donors (Lipinski definition) is 1. The summed E-state index contributed by atoms with van der Waals surface area (Å²) in [4.78, 5) is 0. The molecule has 17 heavy (non-hydrogen) atoms. The molecule has 0 bridgehead atoms. The average Bonchev–Trinajstić information content (AvgIpc) is 2.19. The maximum Gasteiger partial charge on any atom is 0.153 e. The normalized spacial score (nSPS) is 12.8. The van der Waals surface area contributed by atoms with E-state index in [0.717, 1.165) is 6.26 Å². The summed E-state index contributed by atoms with van der Waals surface area (Å²) in [6.07, 6.45) is 1.02. The Morgan fingerprint density at radius 1 is 1.24 bits per heavy atom. The summed E-state index contributed by atoms with van der Waals surface area (Å²) in [7, 11) is -3.35. The Kier molecular flexibility index (Phi) is 4.66. The van der Waals surface area contributed by atoms with Crippen LogP contribution in [0.15, 0.2) is 17.3 Å². The van der Waals surface area contributed by atoms with Gasteiger partial charge in [-0.05, 0) is 12.1 Å². The van der Waals surface area contributed by atoms with Crippen LogP contribution < -0.4 is 0 Å². The molecule has 1 N–H and O–H groups in total. The van der Waals surface area contributed by atoms with Crippen molar-refractivity contribution < 1.29 is 13.6 Å². The molecule has 0 saturated heterocycles. The molecule has 0 unspecified atom stereocenters. The number of halogens is 3. The van der Waals surface area contributed by atoms with Crippen molar-refractivity contribution in [3.63, 3.8) is 0 Å². The molecule has 0 atom stereocenters. The second-order valence-electron chi connectivity index (χ2n) is 3.36. The predicted molar refractivity (Wildman–Crippen MR) is 69.5 cm³/mol. The predicted octanol–water partition coefficient (Wildman–Crippen LogP) is 2.87. The van der Waals surface area contributed by atoms with Crippen LogP contribution in [0.1, 0.15) is 5.56 Å². The van der Waals surface area contributed by atoms with E-state index in [2.05, 4.69) is 5.16 Å². The van der Waals surface area contributed by atoms with E-state index >= 15 is 0 Å². The van der Waals surface area contributed by atoms with Crippen molar-refractivity contribution in [2.45, 2.75) is 0 Å². The van der Waals surface area contributed by atoms with Crippen LogP contribution >= 0.6 is 34.8 Å². The van der Waals surface area contributed by atoms with E-state index in [1.807, 2.05) is 0 Å². The number of oxime groups is 1. The Balaban J connectivity index is 3.28. The number of sulfone groups is 1. The lowest BCUT2D eigenvalue weighted by Crippen LogP contribution is -2.16. The highest BCUT2D eigenvalue weighted by Crippen LogP contribution is 2.29. The Bertz CT molecular complexity index is 569. The number of rotatable bonds is 3. The first kappa shape index (κ1) is 14.6. The van der Waals surface area contributed by atoms with Gasteiger partial charge in [0.1, 0.15) is 5.71 Å². The zero-order valence-corrected chi connectivity index (χ0v) is 11.7. The first-order valence-corrected chi connectivity index (χ1v) is 7.47. The number of nitrogens with zero attached hydrogens (tertiary/aromatic N) is 1. The molecule has 0 aromatic heterocycles. The van der Waals surface area contributed by atoms with Crippen molar-refractivity contribution in [1.82, 2.24) is 0 Å². The summed E-state index contributed by atoms with van der Waals surface area (Å²) < 4.78 is 22.3. The molecule has 0 saturated carbocycles. The van der Waals surface area contributed by atoms with Crippen molar-refractivity contribution in [1.29, 1.82) is 0 Å². The highest BCUT2D eigenvalue weighted by molar-refractivity contribution is 7.91. The molecule has 0 aliphatic heterocycles. The molecule has 0 spiro atoms. The minimum atomic E-state index is -3.35. The van der Waals surface area contributed by atoms with Gasteiger partial charge in [-0.1, -0.05) is 40.0 Å². The van der Waals surface area contributed by atoms with Gasteiger partial charge in [0.05, 0.1) is 20.8 Å². The largest absolute Gasteiger partial charge is 0.411 e. The quantitative estimate of drug-likeness (QED) is 0.403. The lowest BCUT2D eigenvalue weighted by molar-refractivity contribution is 0.319. The molecule has 1 aromatic rings. The van der Waals surface area contributed by atoms with Crippen LogP contribution in [-0.2, 0) is 9.84 Å². The van der Waals surface area contributed by atoms with E-state index < -0.39 is 15.6 Å². The fraction of sp³-hybridized carbons (Fsp3) is 0.222. The molecular weight excluding hydrogens is 309 g/mol. The first-order chi connectivity index (χ1) is 7.74. The van der Waals surface area contributed by atoms with E-state index in [1.165, 1.54) is 12.1 Å². The van der Waals surface area contributed by atoms with E-state index in [1.54, 1.807) is 0 Å². The Labute approximate surface area is 114 Å². The summed E-state index contributed by atoms with van der Waals surface area (Å²) in [5.74, 6) is -0.443. The fourth-order valence-corrected chi connectivity index (χ4v) is 2.52. The van der Waals surface area contributed by atoms with Crippen molar-refractivity contribution in [2.24, 2.45) is 5.16 Å². The minimum Gasteiger partial charge on any atom is -0.411 e. The molecule has 94 valence electrons. The second-order valence-corrected chi connectivity index (χ2v) is 6.72. The monoisotopic (exact) mass is 315 g/mol. The molecule has 0 aliphatic rings. The molecule has 0 fully saturated rings. The van der Waals surface area contributed by atoms with Crippen LogP contribution in [0, 0.1) is 0 Å². The van der Waals surface area contributed by atoms with Gasteiger partial charge in [-0.15, -0.1) is 0 Å². The van der Waals surface area contributed by atoms with E-state index in [-0.39, 0.29) is 26.3 Å². The highest BCUT2D eigenvalue weighted by atomic mass is 35.5. The fourth-order valence-electron chi connectivity index (χ4n) is 1.15. The van der Waals surface area contributed by atoms with Crippen LogP contribution in [0.3, 0.4) is 0 Å². The van der Waals surface area contributed by atoms with E-state index in [9.17, 15) is 8.42 Å². The van der Waals surface area contributed by atoms with E-state index in [0.29, 0.717) is 0 Å². The van der Waals surface area contributed by atoms with Gasteiger partial charge in [-0.2, -0.15) is 0 Å². The van der Waals surface area contributed by atoms with Crippen LogP contribution in [-0.4, -0.2) is 31.3 Å². The third kappa shape index (κ3) is 4.03. The topological polar surface area (TPSA) is 66.7 Å². The Morgan fingerprint density at radius 2 is 1.76 bits per heavy atom. The third-order valence-corrected chi connectivity index (χ3v) is 3.67. The molecule has 4 nitrogen and oxygen atoms in total. The smallest absolute Gasteiger partial charge is 0.153 e. The van der Waals surface area contributed by atoms with Gasteiger partial charge >= 0.3 is 0 Å². The van der Waals surface area contributed by atoms with E-state index in [4.69, 9.17) is 40.0 Å². The average molecular weight is 317 g/mol. The first-order valence-electron chi connectivity index (χ1n) is 4.28. The summed E-state index contributed by atoms with van der Waals surface area (Å²) in [5.41, 5.74) is 0.144. The van der Waals surface area contributed by atoms with Gasteiger partial charge in [-0.25, -0.2) is 8.42 Å². The summed E-state index contributed by atoms with van der Waals surface area (Å²) in [5, 5.41) is 12.3. The molecule has 0 amide bonds. The SMILES string of the molecule is CS(=O)(=O)C/C(=N/O)c1cc(Cl)c(Cl)cc1Cl. The van der Waals surface area contributed by atoms with Crippen LogP contribution in [0.25, 0.3) is 0 Å². The lowest BCUT2D eigenvalue weighted by Gasteiger charge is -2.07. The Morgan fingerprint density at radius 3 is 2.24 bits per heavy atom. The molecular formula is C9H8Cl3NO3S. The van der Waals surface area contributed by atoms with Gasteiger partial charge in [0, 0.05) is 11.8 Å². The van der Waals surface area contributed by atoms with Crippen molar-refractivity contribution in [3.8, 4) is 0 Å². The summed E-state index contributed by atoms with van der Waals surface area (Å²) in [6.45, 7) is 0. The molecule has 1 rings (SSSR count). The molecule has 8 heteroatoms. The van der Waals surface area contributed by atoms with Gasteiger partial charge in [0.25, 0.3) is 0 Å². The molecule has 0 heterocycles. The molecule has 0 aliphatic carbocycles. The third-order valence-electron chi connectivity index (χ3n) is 1.84. The van der Waals surface area contributed by atoms with Crippen molar-refractivity contribution in [2.75, 3.05) is 12.0 Å². The number of hydrogen-bond acceptors (Lipinski definition) is 4. The van der Waals surface area contributed by atoms with Crippen LogP contribution in [0.4, 0.5) is 0 Å². The highest BCUT2D eigenvalue weighted by Gasteiger charge is 2.16. The second kappa shape index (κ2) is 5.44. The van der Waals surface area contributed by atoms with Gasteiger partial charge in [-0.3, -0.25) is 0 Å². The van der Waals surface area contributed by atoms with Gasteiger partial charge < -0.3 is 5.21 Å². The van der Waals surface area contributed by atoms with Gasteiger partial charge in [0.15, 0.2) is 9.84 Å². The summed E-state index contributed by atoms with van der Waals surface area (Å²) >= 11 is 17.4. The zero-order valence-electron chi connectivity index (χ0n) is 8.61. The lowest BCUT2D eigenvalue weighted by atomic mass is 10.1. The molecule has 0 radical (unpaired) electrons. The van der Waals surface area contributed by atoms with Crippen LogP contribution in [0.5, 0.6) is 0 Å². The van der Waals surface area contributed by atoms with Crippen LogP contribution in [0.2, 0.25) is 15.1 Å². The zero-order chi connectivity index (χ0) is 13.2. The summed E-state index contributed by atoms with van der Waals surface area (Å²) in [6, 6.07) is 2.71. The maximum atomic E-state index is 11.1. The maximum absolute atomic E-state index is 11.1. The number of benzene rings is 1. The van der Waals surface area contributed by atoms with Crippen molar-refractivity contribution >= 4 is 50.4 Å². The van der Waals surface area contributed by atoms with Gasteiger partial charge in [0.2, 0.25) is 0 Å². The standard InChI is InChI=1S/C9H8Cl3NO3S/c1-17(15,16)4-9(13-14)5-2-7(11)8(12)3-6(5)10/h2-3,14H,4H2,1H3/b13-9-. The molecule has 1 aromatic carbocycles. The minimum absolute atomic E-state index is 0.0870. The van der Waals surface area contributed by atoms with Crippen molar-refractivity contribution in [3.05, 3.63) is 32.8 Å².